The number of hydrogen-bond donors (Lipinski definition) is 1. The Morgan fingerprint density at radius 1 is 1.22 bits per heavy atom. The van der Waals surface area contributed by atoms with Gasteiger partial charge in [-0.3, -0.25) is 9.10 Å². The van der Waals surface area contributed by atoms with Crippen LogP contribution >= 0.6 is 0 Å². The van der Waals surface area contributed by atoms with Gasteiger partial charge >= 0.3 is 0 Å². The first-order valence-corrected chi connectivity index (χ1v) is 11.1. The molecule has 144 valence electrons. The summed E-state index contributed by atoms with van der Waals surface area (Å²) in [5, 5.41) is 3.12. The number of hydrogen-bond acceptors (Lipinski definition) is 3. The van der Waals surface area contributed by atoms with Gasteiger partial charge in [-0.25, -0.2) is 8.42 Å². The Balaban J connectivity index is 1.83. The smallest absolute Gasteiger partial charge is 0.251 e. The Morgan fingerprint density at radius 2 is 1.93 bits per heavy atom. The van der Waals surface area contributed by atoms with Gasteiger partial charge in [0.1, 0.15) is 0 Å². The maximum absolute atomic E-state index is 12.8. The molecule has 0 fully saturated rings. The molecule has 6 heteroatoms. The highest BCUT2D eigenvalue weighted by atomic mass is 32.2. The van der Waals surface area contributed by atoms with Crippen molar-refractivity contribution in [1.82, 2.24) is 5.32 Å². The normalized spacial score (nSPS) is 17.4. The Hall–Kier alpha value is -2.34. The molecule has 0 saturated heterocycles. The molecule has 1 aliphatic heterocycles. The first-order chi connectivity index (χ1) is 12.8. The molecule has 0 radical (unpaired) electrons. The fourth-order valence-corrected chi connectivity index (χ4v) is 5.05. The second-order valence-corrected chi connectivity index (χ2v) is 9.04. The van der Waals surface area contributed by atoms with E-state index in [2.05, 4.69) is 12.2 Å². The van der Waals surface area contributed by atoms with Crippen molar-refractivity contribution >= 4 is 21.6 Å². The SMILES string of the molecule is CCC[C@H](NC(=O)c1ccc2c(c1)C[C@H](C)N2S(C)(=O)=O)c1ccccc1. The number of rotatable bonds is 6. The molecule has 1 aliphatic rings. The third-order valence-corrected chi connectivity index (χ3v) is 6.21. The first kappa shape index (κ1) is 19.4. The number of carbonyl (C=O) groups is 1. The van der Waals surface area contributed by atoms with Gasteiger partial charge in [-0.2, -0.15) is 0 Å². The van der Waals surface area contributed by atoms with Crippen LogP contribution in [0.4, 0.5) is 5.69 Å². The van der Waals surface area contributed by atoms with E-state index in [0.29, 0.717) is 17.7 Å². The topological polar surface area (TPSA) is 66.5 Å². The van der Waals surface area contributed by atoms with Gasteiger partial charge in [0, 0.05) is 11.6 Å². The summed E-state index contributed by atoms with van der Waals surface area (Å²) in [4.78, 5) is 12.8. The molecule has 0 aromatic heterocycles. The molecule has 1 heterocycles. The molecule has 5 nitrogen and oxygen atoms in total. The van der Waals surface area contributed by atoms with Crippen LogP contribution in [0.1, 0.15) is 54.2 Å². The van der Waals surface area contributed by atoms with Crippen molar-refractivity contribution < 1.29 is 13.2 Å². The van der Waals surface area contributed by atoms with Crippen molar-refractivity contribution in [3.05, 3.63) is 65.2 Å². The summed E-state index contributed by atoms with van der Waals surface area (Å²) < 4.78 is 25.5. The van der Waals surface area contributed by atoms with Gasteiger partial charge < -0.3 is 5.32 Å². The largest absolute Gasteiger partial charge is 0.345 e. The second-order valence-electron chi connectivity index (χ2n) is 7.18. The monoisotopic (exact) mass is 386 g/mol. The second kappa shape index (κ2) is 7.72. The lowest BCUT2D eigenvalue weighted by Gasteiger charge is -2.22. The van der Waals surface area contributed by atoms with Gasteiger partial charge in [-0.15, -0.1) is 0 Å². The quantitative estimate of drug-likeness (QED) is 0.824. The number of amides is 1. The fourth-order valence-electron chi connectivity index (χ4n) is 3.79. The van der Waals surface area contributed by atoms with Crippen LogP contribution in [-0.4, -0.2) is 26.6 Å². The Bertz CT molecular complexity index is 926. The van der Waals surface area contributed by atoms with E-state index in [-0.39, 0.29) is 18.0 Å². The predicted molar refractivity (Wildman–Crippen MR) is 108 cm³/mol. The van der Waals surface area contributed by atoms with Crippen LogP contribution in [0.15, 0.2) is 48.5 Å². The Kier molecular flexibility index (Phi) is 5.56. The summed E-state index contributed by atoms with van der Waals surface area (Å²) in [7, 11) is -3.33. The lowest BCUT2D eigenvalue weighted by molar-refractivity contribution is 0.0934. The summed E-state index contributed by atoms with van der Waals surface area (Å²) in [5.41, 5.74) is 3.22. The minimum absolute atomic E-state index is 0.0385. The van der Waals surface area contributed by atoms with E-state index < -0.39 is 10.0 Å². The number of benzene rings is 2. The average Bonchev–Trinajstić information content (AvgIpc) is 2.97. The van der Waals surface area contributed by atoms with Crippen LogP contribution in [0.2, 0.25) is 0 Å². The number of carbonyl (C=O) groups excluding carboxylic acids is 1. The number of fused-ring (bicyclic) bond motifs is 1. The molecule has 0 aliphatic carbocycles. The third-order valence-electron chi connectivity index (χ3n) is 4.94. The van der Waals surface area contributed by atoms with E-state index >= 15 is 0 Å². The molecular formula is C21H26N2O3S. The van der Waals surface area contributed by atoms with Gasteiger partial charge in [0.2, 0.25) is 10.0 Å². The molecule has 0 unspecified atom stereocenters. The van der Waals surface area contributed by atoms with Crippen molar-refractivity contribution in [2.75, 3.05) is 10.6 Å². The zero-order chi connectivity index (χ0) is 19.6. The summed E-state index contributed by atoms with van der Waals surface area (Å²) in [6, 6.07) is 15.0. The van der Waals surface area contributed by atoms with E-state index in [4.69, 9.17) is 0 Å². The first-order valence-electron chi connectivity index (χ1n) is 9.29. The van der Waals surface area contributed by atoms with Gasteiger partial charge in [-0.1, -0.05) is 43.7 Å². The highest BCUT2D eigenvalue weighted by Crippen LogP contribution is 2.34. The average molecular weight is 387 g/mol. The number of anilines is 1. The highest BCUT2D eigenvalue weighted by Gasteiger charge is 2.32. The number of nitrogens with zero attached hydrogens (tertiary/aromatic N) is 1. The maximum Gasteiger partial charge on any atom is 0.251 e. The van der Waals surface area contributed by atoms with E-state index in [1.54, 1.807) is 12.1 Å². The van der Waals surface area contributed by atoms with Gasteiger partial charge in [0.05, 0.1) is 18.0 Å². The fraction of sp³-hybridized carbons (Fsp3) is 0.381. The Labute approximate surface area is 161 Å². The molecular weight excluding hydrogens is 360 g/mol. The van der Waals surface area contributed by atoms with E-state index in [1.165, 1.54) is 10.6 Å². The molecule has 0 bridgehead atoms. The van der Waals surface area contributed by atoms with Crippen LogP contribution in [0.25, 0.3) is 0 Å². The lowest BCUT2D eigenvalue weighted by atomic mass is 10.0. The highest BCUT2D eigenvalue weighted by molar-refractivity contribution is 7.92. The van der Waals surface area contributed by atoms with Crippen LogP contribution in [0.5, 0.6) is 0 Å². The molecule has 1 N–H and O–H groups in total. The summed E-state index contributed by atoms with van der Waals surface area (Å²) in [6.45, 7) is 3.98. The van der Waals surface area contributed by atoms with E-state index in [0.717, 1.165) is 24.0 Å². The standard InChI is InChI=1S/C21H26N2O3S/c1-4-8-19(16-9-6-5-7-10-16)22-21(24)17-11-12-20-18(14-17)13-15(2)23(20)27(3,25)26/h5-7,9-12,14-15,19H,4,8,13H2,1-3H3,(H,22,24)/t15-,19-/m0/s1. The van der Waals surface area contributed by atoms with Crippen molar-refractivity contribution in [1.29, 1.82) is 0 Å². The summed E-state index contributed by atoms with van der Waals surface area (Å²) in [5.74, 6) is -0.134. The predicted octanol–water partition coefficient (Wildman–Crippen LogP) is 3.67. The van der Waals surface area contributed by atoms with Crippen LogP contribution in [0, 0.1) is 0 Å². The molecule has 2 aromatic carbocycles. The molecule has 2 aromatic rings. The number of sulfonamides is 1. The molecule has 3 rings (SSSR count). The minimum Gasteiger partial charge on any atom is -0.345 e. The lowest BCUT2D eigenvalue weighted by Crippen LogP contribution is -2.34. The van der Waals surface area contributed by atoms with Crippen molar-refractivity contribution in [2.24, 2.45) is 0 Å². The molecule has 1 amide bonds. The minimum atomic E-state index is -3.33. The van der Waals surface area contributed by atoms with E-state index in [1.807, 2.05) is 43.3 Å². The zero-order valence-corrected chi connectivity index (χ0v) is 16.8. The maximum atomic E-state index is 12.8. The van der Waals surface area contributed by atoms with Crippen molar-refractivity contribution in [3.63, 3.8) is 0 Å². The van der Waals surface area contributed by atoms with Gasteiger partial charge in [0.15, 0.2) is 0 Å². The van der Waals surface area contributed by atoms with Crippen LogP contribution in [-0.2, 0) is 16.4 Å². The molecule has 0 spiro atoms. The Morgan fingerprint density at radius 3 is 2.56 bits per heavy atom. The number of nitrogens with one attached hydrogen (secondary N) is 1. The summed E-state index contributed by atoms with van der Waals surface area (Å²) in [6.07, 6.45) is 3.65. The van der Waals surface area contributed by atoms with Crippen molar-refractivity contribution in [2.45, 2.75) is 45.2 Å². The van der Waals surface area contributed by atoms with Gasteiger partial charge in [0.25, 0.3) is 5.91 Å². The molecule has 0 saturated carbocycles. The van der Waals surface area contributed by atoms with Crippen LogP contribution < -0.4 is 9.62 Å². The van der Waals surface area contributed by atoms with Gasteiger partial charge in [-0.05, 0) is 49.1 Å². The molecule has 2 atom stereocenters. The van der Waals surface area contributed by atoms with Crippen molar-refractivity contribution in [3.8, 4) is 0 Å². The zero-order valence-electron chi connectivity index (χ0n) is 16.0. The van der Waals surface area contributed by atoms with E-state index in [9.17, 15) is 13.2 Å². The molecule has 27 heavy (non-hydrogen) atoms. The van der Waals surface area contributed by atoms with Crippen LogP contribution in [0.3, 0.4) is 0 Å². The third kappa shape index (κ3) is 4.16. The summed E-state index contributed by atoms with van der Waals surface area (Å²) >= 11 is 0.